The van der Waals surface area contributed by atoms with Gasteiger partial charge in [0.05, 0.1) is 0 Å². The number of nitrogens with zero attached hydrogens (tertiary/aromatic N) is 2. The molecule has 0 atom stereocenters. The molecule has 5 nitrogen and oxygen atoms in total. The summed E-state index contributed by atoms with van der Waals surface area (Å²) in [6.45, 7) is 3.52. The fourth-order valence-electron chi connectivity index (χ4n) is 2.67. The maximum atomic E-state index is 12.5. The van der Waals surface area contributed by atoms with Crippen LogP contribution < -0.4 is 10.9 Å². The lowest BCUT2D eigenvalue weighted by Gasteiger charge is -2.14. The normalized spacial score (nSPS) is 10.6. The zero-order valence-corrected chi connectivity index (χ0v) is 15.2. The molecule has 6 heteroatoms. The van der Waals surface area contributed by atoms with E-state index in [0.717, 1.165) is 11.3 Å². The summed E-state index contributed by atoms with van der Waals surface area (Å²) < 4.78 is 1.35. The molecule has 1 heterocycles. The quantitative estimate of drug-likeness (QED) is 0.762. The number of rotatable bonds is 4. The number of benzene rings is 2. The summed E-state index contributed by atoms with van der Waals surface area (Å²) in [6.07, 6.45) is 0. The molecule has 2 aromatic carbocycles. The SMILES string of the molecule is Cc1cc(=O)n(CC(=O)Nc2ccccc2C)c(-c2cccc(Cl)c2)n1. The Labute approximate surface area is 156 Å². The smallest absolute Gasteiger partial charge is 0.254 e. The third-order valence-electron chi connectivity index (χ3n) is 3.94. The van der Waals surface area contributed by atoms with E-state index in [-0.39, 0.29) is 18.0 Å². The van der Waals surface area contributed by atoms with Crippen molar-refractivity contribution in [1.29, 1.82) is 0 Å². The molecule has 132 valence electrons. The zero-order valence-electron chi connectivity index (χ0n) is 14.5. The van der Waals surface area contributed by atoms with Crippen molar-refractivity contribution in [3.63, 3.8) is 0 Å². The molecule has 1 aromatic heterocycles. The molecule has 0 radical (unpaired) electrons. The minimum absolute atomic E-state index is 0.137. The Morgan fingerprint density at radius 1 is 1.12 bits per heavy atom. The molecule has 0 aliphatic carbocycles. The van der Waals surface area contributed by atoms with E-state index in [2.05, 4.69) is 10.3 Å². The lowest BCUT2D eigenvalue weighted by molar-refractivity contribution is -0.116. The van der Waals surface area contributed by atoms with Crippen molar-refractivity contribution >= 4 is 23.2 Å². The first kappa shape index (κ1) is 17.9. The summed E-state index contributed by atoms with van der Waals surface area (Å²) in [5.74, 6) is 0.118. The van der Waals surface area contributed by atoms with Crippen LogP contribution in [0.25, 0.3) is 11.4 Å². The van der Waals surface area contributed by atoms with Crippen molar-refractivity contribution < 1.29 is 4.79 Å². The van der Waals surface area contributed by atoms with Gasteiger partial charge in [-0.25, -0.2) is 4.98 Å². The van der Waals surface area contributed by atoms with Crippen LogP contribution in [-0.4, -0.2) is 15.5 Å². The molecule has 3 rings (SSSR count). The van der Waals surface area contributed by atoms with Crippen LogP contribution in [0.15, 0.2) is 59.4 Å². The fourth-order valence-corrected chi connectivity index (χ4v) is 2.86. The van der Waals surface area contributed by atoms with Crippen LogP contribution >= 0.6 is 11.6 Å². The lowest BCUT2D eigenvalue weighted by Crippen LogP contribution is -2.29. The fraction of sp³-hybridized carbons (Fsp3) is 0.150. The number of carbonyl (C=O) groups excluding carboxylic acids is 1. The van der Waals surface area contributed by atoms with E-state index < -0.39 is 0 Å². The Bertz CT molecular complexity index is 1030. The molecule has 3 aromatic rings. The minimum Gasteiger partial charge on any atom is -0.324 e. The van der Waals surface area contributed by atoms with Gasteiger partial charge in [0, 0.05) is 28.0 Å². The predicted molar refractivity (Wildman–Crippen MR) is 103 cm³/mol. The standard InChI is InChI=1S/C20H18ClN3O2/c1-13-6-3-4-9-17(13)23-18(25)12-24-19(26)10-14(2)22-20(24)15-7-5-8-16(21)11-15/h3-11H,12H2,1-2H3,(H,23,25). The maximum Gasteiger partial charge on any atom is 0.254 e. The molecule has 26 heavy (non-hydrogen) atoms. The molecule has 0 bridgehead atoms. The predicted octanol–water partition coefficient (Wildman–Crippen LogP) is 3.82. The Kier molecular flexibility index (Phi) is 5.19. The van der Waals surface area contributed by atoms with Gasteiger partial charge in [-0.05, 0) is 37.6 Å². The summed E-state index contributed by atoms with van der Waals surface area (Å²) in [5, 5.41) is 3.37. The summed E-state index contributed by atoms with van der Waals surface area (Å²) in [5.41, 5.74) is 2.65. The van der Waals surface area contributed by atoms with Crippen molar-refractivity contribution in [2.75, 3.05) is 5.32 Å². The van der Waals surface area contributed by atoms with E-state index in [1.165, 1.54) is 10.6 Å². The second kappa shape index (κ2) is 7.54. The highest BCUT2D eigenvalue weighted by Crippen LogP contribution is 2.21. The van der Waals surface area contributed by atoms with Crippen LogP contribution in [0.4, 0.5) is 5.69 Å². The molecule has 0 aliphatic rings. The Morgan fingerprint density at radius 2 is 1.88 bits per heavy atom. The maximum absolute atomic E-state index is 12.5. The third kappa shape index (κ3) is 4.00. The van der Waals surface area contributed by atoms with Gasteiger partial charge in [0.2, 0.25) is 5.91 Å². The number of aryl methyl sites for hydroxylation is 2. The molecular weight excluding hydrogens is 350 g/mol. The molecule has 0 saturated carbocycles. The molecule has 1 N–H and O–H groups in total. The second-order valence-electron chi connectivity index (χ2n) is 6.02. The van der Waals surface area contributed by atoms with Crippen LogP contribution in [-0.2, 0) is 11.3 Å². The highest BCUT2D eigenvalue weighted by Gasteiger charge is 2.14. The number of amides is 1. The molecular formula is C20H18ClN3O2. The number of para-hydroxylation sites is 1. The number of hydrogen-bond acceptors (Lipinski definition) is 3. The van der Waals surface area contributed by atoms with Crippen LogP contribution in [0, 0.1) is 13.8 Å². The molecule has 0 fully saturated rings. The van der Waals surface area contributed by atoms with Gasteiger partial charge >= 0.3 is 0 Å². The number of carbonyl (C=O) groups is 1. The van der Waals surface area contributed by atoms with E-state index in [0.29, 0.717) is 22.1 Å². The first-order valence-corrected chi connectivity index (χ1v) is 8.52. The van der Waals surface area contributed by atoms with Gasteiger partial charge in [-0.2, -0.15) is 0 Å². The number of halogens is 1. The molecule has 0 saturated heterocycles. The van der Waals surface area contributed by atoms with Gasteiger partial charge in [-0.15, -0.1) is 0 Å². The molecule has 0 aliphatic heterocycles. The second-order valence-corrected chi connectivity index (χ2v) is 6.46. The number of hydrogen-bond donors (Lipinski definition) is 1. The zero-order chi connectivity index (χ0) is 18.7. The number of nitrogens with one attached hydrogen (secondary N) is 1. The van der Waals surface area contributed by atoms with Crippen LogP contribution in [0.3, 0.4) is 0 Å². The van der Waals surface area contributed by atoms with Gasteiger partial charge < -0.3 is 5.32 Å². The van der Waals surface area contributed by atoms with Crippen LogP contribution in [0.5, 0.6) is 0 Å². The monoisotopic (exact) mass is 367 g/mol. The largest absolute Gasteiger partial charge is 0.324 e. The molecule has 0 unspecified atom stereocenters. The number of aromatic nitrogens is 2. The lowest BCUT2D eigenvalue weighted by atomic mass is 10.2. The average molecular weight is 368 g/mol. The van der Waals surface area contributed by atoms with Gasteiger partial charge in [-0.1, -0.05) is 41.9 Å². The van der Waals surface area contributed by atoms with E-state index in [4.69, 9.17) is 11.6 Å². The van der Waals surface area contributed by atoms with E-state index in [1.54, 1.807) is 25.1 Å². The van der Waals surface area contributed by atoms with Crippen LogP contribution in [0.2, 0.25) is 5.02 Å². The van der Waals surface area contributed by atoms with Crippen molar-refractivity contribution in [1.82, 2.24) is 9.55 Å². The third-order valence-corrected chi connectivity index (χ3v) is 4.18. The number of anilines is 1. The van der Waals surface area contributed by atoms with E-state index in [9.17, 15) is 9.59 Å². The van der Waals surface area contributed by atoms with Gasteiger partial charge in [0.15, 0.2) is 0 Å². The van der Waals surface area contributed by atoms with Gasteiger partial charge in [-0.3, -0.25) is 14.2 Å². The topological polar surface area (TPSA) is 64.0 Å². The Hall–Kier alpha value is -2.92. The van der Waals surface area contributed by atoms with Crippen molar-refractivity contribution in [2.45, 2.75) is 20.4 Å². The van der Waals surface area contributed by atoms with E-state index in [1.807, 2.05) is 37.3 Å². The van der Waals surface area contributed by atoms with E-state index >= 15 is 0 Å². The van der Waals surface area contributed by atoms with Gasteiger partial charge in [0.25, 0.3) is 5.56 Å². The summed E-state index contributed by atoms with van der Waals surface area (Å²) in [6, 6.07) is 15.9. The highest BCUT2D eigenvalue weighted by atomic mass is 35.5. The van der Waals surface area contributed by atoms with Crippen molar-refractivity contribution in [3.8, 4) is 11.4 Å². The summed E-state index contributed by atoms with van der Waals surface area (Å²) in [7, 11) is 0. The highest BCUT2D eigenvalue weighted by molar-refractivity contribution is 6.30. The molecule has 1 amide bonds. The summed E-state index contributed by atoms with van der Waals surface area (Å²) in [4.78, 5) is 29.4. The average Bonchev–Trinajstić information content (AvgIpc) is 2.59. The minimum atomic E-state index is -0.296. The Morgan fingerprint density at radius 3 is 2.62 bits per heavy atom. The van der Waals surface area contributed by atoms with Crippen LogP contribution in [0.1, 0.15) is 11.3 Å². The first-order valence-electron chi connectivity index (χ1n) is 8.14. The summed E-state index contributed by atoms with van der Waals surface area (Å²) >= 11 is 6.06. The molecule has 0 spiro atoms. The van der Waals surface area contributed by atoms with Gasteiger partial charge in [0.1, 0.15) is 12.4 Å². The van der Waals surface area contributed by atoms with Crippen molar-refractivity contribution in [3.05, 3.63) is 81.2 Å². The Balaban J connectivity index is 1.96. The first-order chi connectivity index (χ1) is 12.4. The van der Waals surface area contributed by atoms with Crippen molar-refractivity contribution in [2.24, 2.45) is 0 Å².